The molecule has 2 aliphatic rings. The molecule has 1 saturated carbocycles. The number of thioether (sulfide) groups is 1. The zero-order valence-electron chi connectivity index (χ0n) is 14.6. The molecule has 4 rings (SSSR count). The van der Waals surface area contributed by atoms with Crippen LogP contribution in [0.1, 0.15) is 55.9 Å². The van der Waals surface area contributed by atoms with Crippen LogP contribution in [0.2, 0.25) is 0 Å². The Morgan fingerprint density at radius 2 is 2.12 bits per heavy atom. The molecule has 0 aliphatic heterocycles. The number of carbonyl (C=O) groups is 1. The first kappa shape index (κ1) is 17.3. The summed E-state index contributed by atoms with van der Waals surface area (Å²) >= 11 is 3.31. The summed E-state index contributed by atoms with van der Waals surface area (Å²) in [5, 5.41) is 2.13. The van der Waals surface area contributed by atoms with E-state index >= 15 is 0 Å². The first-order valence-electron chi connectivity index (χ1n) is 9.28. The van der Waals surface area contributed by atoms with Crippen LogP contribution >= 0.6 is 23.1 Å². The van der Waals surface area contributed by atoms with Crippen LogP contribution in [0, 0.1) is 5.92 Å². The van der Waals surface area contributed by atoms with Gasteiger partial charge < -0.3 is 4.74 Å². The van der Waals surface area contributed by atoms with Crippen molar-refractivity contribution in [3.8, 4) is 0 Å². The molecule has 2 heterocycles. The number of rotatable bonds is 4. The molecular formula is C19H24N2O2S2. The number of fused-ring (bicyclic) bond motifs is 3. The number of nitrogens with zero attached hydrogens (tertiary/aromatic N) is 2. The summed E-state index contributed by atoms with van der Waals surface area (Å²) in [6.45, 7) is 2.32. The molecule has 0 bridgehead atoms. The van der Waals surface area contributed by atoms with Crippen molar-refractivity contribution in [2.24, 2.45) is 5.92 Å². The highest BCUT2D eigenvalue weighted by atomic mass is 32.2. The molecule has 0 spiro atoms. The van der Waals surface area contributed by atoms with E-state index in [9.17, 15) is 4.79 Å². The first-order chi connectivity index (χ1) is 12.2. The lowest BCUT2D eigenvalue weighted by Gasteiger charge is -2.21. The number of esters is 1. The van der Waals surface area contributed by atoms with E-state index < -0.39 is 0 Å². The van der Waals surface area contributed by atoms with Gasteiger partial charge in [-0.15, -0.1) is 11.3 Å². The number of hydrogen-bond donors (Lipinski definition) is 0. The molecule has 2 aliphatic carbocycles. The van der Waals surface area contributed by atoms with E-state index in [1.165, 1.54) is 53.3 Å². The van der Waals surface area contributed by atoms with Gasteiger partial charge in [-0.05, 0) is 56.4 Å². The fourth-order valence-electron chi connectivity index (χ4n) is 3.89. The molecular weight excluding hydrogens is 352 g/mol. The Morgan fingerprint density at radius 1 is 1.28 bits per heavy atom. The van der Waals surface area contributed by atoms with Crippen molar-refractivity contribution < 1.29 is 9.53 Å². The maximum Gasteiger partial charge on any atom is 0.316 e. The highest BCUT2D eigenvalue weighted by molar-refractivity contribution is 8.00. The average Bonchev–Trinajstić information content (AvgIpc) is 2.98. The third-order valence-electron chi connectivity index (χ3n) is 5.23. The Kier molecular flexibility index (Phi) is 5.27. The molecule has 1 atom stereocenters. The fourth-order valence-corrected chi connectivity index (χ4v) is 6.11. The number of ether oxygens (including phenoxy) is 1. The van der Waals surface area contributed by atoms with Crippen molar-refractivity contribution in [3.05, 3.63) is 16.8 Å². The van der Waals surface area contributed by atoms with E-state index in [0.29, 0.717) is 5.75 Å². The number of thiophene rings is 1. The predicted molar refractivity (Wildman–Crippen MR) is 102 cm³/mol. The van der Waals surface area contributed by atoms with Gasteiger partial charge in [-0.3, -0.25) is 4.79 Å². The minimum absolute atomic E-state index is 0.110. The number of aryl methyl sites for hydroxylation is 1. The third kappa shape index (κ3) is 3.85. The molecule has 1 fully saturated rings. The van der Waals surface area contributed by atoms with Crippen LogP contribution in [-0.2, 0) is 22.4 Å². The van der Waals surface area contributed by atoms with E-state index in [2.05, 4.69) is 16.9 Å². The van der Waals surface area contributed by atoms with E-state index in [4.69, 9.17) is 4.74 Å². The molecule has 25 heavy (non-hydrogen) atoms. The lowest BCUT2D eigenvalue weighted by Crippen LogP contribution is -2.21. The number of hydrogen-bond acceptors (Lipinski definition) is 6. The summed E-state index contributed by atoms with van der Waals surface area (Å²) in [6.07, 6.45) is 10.9. The molecule has 4 nitrogen and oxygen atoms in total. The summed E-state index contributed by atoms with van der Waals surface area (Å²) in [5.74, 6) is 0.973. The van der Waals surface area contributed by atoms with Crippen LogP contribution in [0.3, 0.4) is 0 Å². The molecule has 0 saturated heterocycles. The van der Waals surface area contributed by atoms with Gasteiger partial charge in [-0.2, -0.15) is 0 Å². The fraction of sp³-hybridized carbons (Fsp3) is 0.632. The van der Waals surface area contributed by atoms with Crippen molar-refractivity contribution in [2.75, 3.05) is 5.75 Å². The van der Waals surface area contributed by atoms with Crippen LogP contribution in [-0.4, -0.2) is 27.8 Å². The molecule has 0 radical (unpaired) electrons. The Labute approximate surface area is 156 Å². The molecule has 0 N–H and O–H groups in total. The predicted octanol–water partition coefficient (Wildman–Crippen LogP) is 4.78. The zero-order chi connectivity index (χ0) is 17.2. The third-order valence-corrected chi connectivity index (χ3v) is 7.36. The van der Waals surface area contributed by atoms with E-state index in [1.54, 1.807) is 17.7 Å². The second-order valence-electron chi connectivity index (χ2n) is 7.25. The van der Waals surface area contributed by atoms with Crippen LogP contribution < -0.4 is 0 Å². The average molecular weight is 377 g/mol. The lowest BCUT2D eigenvalue weighted by atomic mass is 9.89. The van der Waals surface area contributed by atoms with Crippen molar-refractivity contribution >= 4 is 39.3 Å². The molecule has 134 valence electrons. The van der Waals surface area contributed by atoms with Gasteiger partial charge in [0.1, 0.15) is 22.3 Å². The highest BCUT2D eigenvalue weighted by Crippen LogP contribution is 2.40. The Morgan fingerprint density at radius 3 is 2.96 bits per heavy atom. The zero-order valence-corrected chi connectivity index (χ0v) is 16.3. The van der Waals surface area contributed by atoms with Gasteiger partial charge in [-0.1, -0.05) is 25.1 Å². The molecule has 1 unspecified atom stereocenters. The normalized spacial score (nSPS) is 21.2. The topological polar surface area (TPSA) is 52.1 Å². The largest absolute Gasteiger partial charge is 0.462 e. The number of carbonyl (C=O) groups excluding carboxylic acids is 1. The molecule has 0 amide bonds. The quantitative estimate of drug-likeness (QED) is 0.436. The van der Waals surface area contributed by atoms with Crippen molar-refractivity contribution in [2.45, 2.75) is 69.4 Å². The maximum absolute atomic E-state index is 12.2. The van der Waals surface area contributed by atoms with Gasteiger partial charge in [0.2, 0.25) is 0 Å². The second-order valence-corrected chi connectivity index (χ2v) is 9.30. The van der Waals surface area contributed by atoms with Crippen molar-refractivity contribution in [3.63, 3.8) is 0 Å². The second kappa shape index (κ2) is 7.62. The summed E-state index contributed by atoms with van der Waals surface area (Å²) in [4.78, 5) is 23.7. The molecule has 2 aromatic rings. The minimum Gasteiger partial charge on any atom is -0.462 e. The molecule has 0 aromatic carbocycles. The van der Waals surface area contributed by atoms with E-state index in [-0.39, 0.29) is 12.1 Å². The first-order valence-corrected chi connectivity index (χ1v) is 11.1. The maximum atomic E-state index is 12.2. The number of aromatic nitrogens is 2. The minimum atomic E-state index is -0.110. The molecule has 6 heteroatoms. The van der Waals surface area contributed by atoms with Gasteiger partial charge in [0.05, 0.1) is 5.75 Å². The Hall–Kier alpha value is -1.14. The monoisotopic (exact) mass is 376 g/mol. The van der Waals surface area contributed by atoms with Crippen LogP contribution in [0.5, 0.6) is 0 Å². The smallest absolute Gasteiger partial charge is 0.316 e. The highest BCUT2D eigenvalue weighted by Gasteiger charge is 2.24. The van der Waals surface area contributed by atoms with Gasteiger partial charge in [0, 0.05) is 10.3 Å². The van der Waals surface area contributed by atoms with Crippen LogP contribution in [0.25, 0.3) is 10.2 Å². The Balaban J connectivity index is 1.47. The SMILES string of the molecule is CC1CCc2c(sc3ncnc(SCC(=O)OC4CCCCC4)c23)C1. The van der Waals surface area contributed by atoms with Crippen molar-refractivity contribution in [1.82, 2.24) is 9.97 Å². The molecule has 2 aromatic heterocycles. The van der Waals surface area contributed by atoms with E-state index in [0.717, 1.165) is 41.5 Å². The standard InChI is InChI=1S/C19H24N2O2S2/c1-12-7-8-14-15(9-12)25-19-17(14)18(20-11-21-19)24-10-16(22)23-13-5-3-2-4-6-13/h11-13H,2-10H2,1H3. The summed E-state index contributed by atoms with van der Waals surface area (Å²) in [6, 6.07) is 0. The summed E-state index contributed by atoms with van der Waals surface area (Å²) in [5.41, 5.74) is 1.42. The van der Waals surface area contributed by atoms with E-state index in [1.807, 2.05) is 0 Å². The van der Waals surface area contributed by atoms with Gasteiger partial charge in [0.25, 0.3) is 0 Å². The van der Waals surface area contributed by atoms with Gasteiger partial charge >= 0.3 is 5.97 Å². The summed E-state index contributed by atoms with van der Waals surface area (Å²) < 4.78 is 5.63. The van der Waals surface area contributed by atoms with Crippen molar-refractivity contribution in [1.29, 1.82) is 0 Å². The van der Waals surface area contributed by atoms with Crippen LogP contribution in [0.15, 0.2) is 11.4 Å². The lowest BCUT2D eigenvalue weighted by molar-refractivity contribution is -0.147. The van der Waals surface area contributed by atoms with Gasteiger partial charge in [-0.25, -0.2) is 9.97 Å². The van der Waals surface area contributed by atoms with Gasteiger partial charge in [0.15, 0.2) is 0 Å². The van der Waals surface area contributed by atoms with Crippen LogP contribution in [0.4, 0.5) is 0 Å². The Bertz CT molecular complexity index is 768. The summed E-state index contributed by atoms with van der Waals surface area (Å²) in [7, 11) is 0.